The Hall–Kier alpha value is -2.17. The van der Waals surface area contributed by atoms with Crippen molar-refractivity contribution < 1.29 is 9.32 Å². The number of hydrogen-bond donors (Lipinski definition) is 1. The van der Waals surface area contributed by atoms with Crippen LogP contribution in [0.3, 0.4) is 0 Å². The van der Waals surface area contributed by atoms with Gasteiger partial charge in [0.15, 0.2) is 0 Å². The fraction of sp³-hybridized carbons (Fsp3) is 0. The molecule has 5 heteroatoms. The molecule has 0 saturated heterocycles. The summed E-state index contributed by atoms with van der Waals surface area (Å²) in [5.41, 5.74) is 1.56. The Morgan fingerprint density at radius 2 is 2.14 bits per heavy atom. The molecule has 5 nitrogen and oxygen atoms in total. The van der Waals surface area contributed by atoms with Crippen LogP contribution in [0.4, 0.5) is 5.88 Å². The van der Waals surface area contributed by atoms with Crippen molar-refractivity contribution in [2.24, 2.45) is 0 Å². The number of aromatic nitrogens is 2. The molecule has 2 rings (SSSR count). The normalized spacial score (nSPS) is 9.71. The van der Waals surface area contributed by atoms with Crippen LogP contribution in [0.1, 0.15) is 0 Å². The zero-order valence-corrected chi connectivity index (χ0v) is 7.18. The number of nitrogens with zero attached hydrogens (tertiary/aromatic N) is 2. The zero-order valence-electron chi connectivity index (χ0n) is 7.18. The minimum absolute atomic E-state index is 0.326. The van der Waals surface area contributed by atoms with E-state index in [9.17, 15) is 4.79 Å². The van der Waals surface area contributed by atoms with Crippen LogP contribution in [-0.2, 0) is 4.79 Å². The van der Waals surface area contributed by atoms with Crippen LogP contribution in [0.2, 0.25) is 0 Å². The average Bonchev–Trinajstić information content (AvgIpc) is 2.68. The van der Waals surface area contributed by atoms with Crippen molar-refractivity contribution in [2.45, 2.75) is 0 Å². The van der Waals surface area contributed by atoms with Gasteiger partial charge in [-0.3, -0.25) is 15.1 Å². The predicted octanol–water partition coefficient (Wildman–Crippen LogP) is 1.30. The fourth-order valence-corrected chi connectivity index (χ4v) is 1.06. The van der Waals surface area contributed by atoms with E-state index in [0.29, 0.717) is 18.0 Å². The lowest BCUT2D eigenvalue weighted by Crippen LogP contribution is -1.89. The van der Waals surface area contributed by atoms with E-state index in [4.69, 9.17) is 4.52 Å². The summed E-state index contributed by atoms with van der Waals surface area (Å²) in [5.74, 6) is 0.326. The summed E-state index contributed by atoms with van der Waals surface area (Å²) < 4.78 is 4.85. The van der Waals surface area contributed by atoms with Crippen LogP contribution in [0, 0.1) is 0 Å². The van der Waals surface area contributed by atoms with Crippen LogP contribution < -0.4 is 5.32 Å². The maximum absolute atomic E-state index is 10.1. The Bertz CT molecular complexity index is 425. The first-order valence-corrected chi connectivity index (χ1v) is 3.97. The molecular formula is C9H7N3O2. The summed E-state index contributed by atoms with van der Waals surface area (Å²) in [5, 5.41) is 6.15. The highest BCUT2D eigenvalue weighted by molar-refractivity contribution is 5.70. The molecule has 0 unspecified atom stereocenters. The van der Waals surface area contributed by atoms with Crippen molar-refractivity contribution in [2.75, 3.05) is 5.32 Å². The number of amides is 1. The van der Waals surface area contributed by atoms with Gasteiger partial charge in [-0.25, -0.2) is 0 Å². The topological polar surface area (TPSA) is 68.0 Å². The van der Waals surface area contributed by atoms with Crippen molar-refractivity contribution in [1.82, 2.24) is 10.1 Å². The molecule has 0 radical (unpaired) electrons. The summed E-state index contributed by atoms with van der Waals surface area (Å²) in [6, 6.07) is 5.26. The number of pyridine rings is 1. The van der Waals surface area contributed by atoms with Crippen molar-refractivity contribution >= 4 is 12.3 Å². The lowest BCUT2D eigenvalue weighted by molar-refractivity contribution is -0.105. The third-order valence-electron chi connectivity index (χ3n) is 1.69. The lowest BCUT2D eigenvalue weighted by atomic mass is 10.2. The third kappa shape index (κ3) is 1.61. The van der Waals surface area contributed by atoms with Gasteiger partial charge in [-0.1, -0.05) is 5.16 Å². The molecule has 0 aromatic carbocycles. The number of carbonyl (C=O) groups is 1. The fourth-order valence-electron chi connectivity index (χ4n) is 1.06. The first-order valence-electron chi connectivity index (χ1n) is 3.97. The predicted molar refractivity (Wildman–Crippen MR) is 49.4 cm³/mol. The van der Waals surface area contributed by atoms with Crippen LogP contribution in [-0.4, -0.2) is 16.6 Å². The summed E-state index contributed by atoms with van der Waals surface area (Å²) in [7, 11) is 0. The molecule has 70 valence electrons. The van der Waals surface area contributed by atoms with Crippen molar-refractivity contribution in [3.8, 4) is 11.3 Å². The van der Waals surface area contributed by atoms with Crippen molar-refractivity contribution in [1.29, 1.82) is 0 Å². The highest BCUT2D eigenvalue weighted by Crippen LogP contribution is 2.19. The zero-order chi connectivity index (χ0) is 9.80. The van der Waals surface area contributed by atoms with Gasteiger partial charge in [0.05, 0.1) is 0 Å². The molecule has 2 aromatic rings. The standard InChI is InChI=1S/C9H7N3O2/c13-6-11-9-5-8(12-14-9)7-1-3-10-4-2-7/h1-6H,(H,11,13). The van der Waals surface area contributed by atoms with Gasteiger partial charge in [0, 0.05) is 24.0 Å². The van der Waals surface area contributed by atoms with E-state index in [1.807, 2.05) is 12.1 Å². The molecule has 1 N–H and O–H groups in total. The second kappa shape index (κ2) is 3.69. The Morgan fingerprint density at radius 3 is 2.86 bits per heavy atom. The second-order valence-corrected chi connectivity index (χ2v) is 2.57. The summed E-state index contributed by atoms with van der Waals surface area (Å²) in [6.45, 7) is 0. The SMILES string of the molecule is O=CNc1cc(-c2ccncc2)no1. The van der Waals surface area contributed by atoms with Crippen LogP contribution in [0.5, 0.6) is 0 Å². The molecule has 0 saturated carbocycles. The molecule has 0 aliphatic heterocycles. The van der Waals surface area contributed by atoms with Crippen LogP contribution >= 0.6 is 0 Å². The van der Waals surface area contributed by atoms with E-state index in [-0.39, 0.29) is 0 Å². The number of rotatable bonds is 3. The van der Waals surface area contributed by atoms with Crippen molar-refractivity contribution in [3.05, 3.63) is 30.6 Å². The van der Waals surface area contributed by atoms with Gasteiger partial charge in [0.1, 0.15) is 5.69 Å². The Kier molecular flexibility index (Phi) is 2.22. The first kappa shape index (κ1) is 8.43. The Labute approximate surface area is 79.7 Å². The molecular weight excluding hydrogens is 182 g/mol. The lowest BCUT2D eigenvalue weighted by Gasteiger charge is -1.90. The number of anilines is 1. The molecule has 0 atom stereocenters. The minimum atomic E-state index is 0.326. The molecule has 1 amide bonds. The summed E-state index contributed by atoms with van der Waals surface area (Å²) in [4.78, 5) is 14.0. The van der Waals surface area contributed by atoms with E-state index >= 15 is 0 Å². The Balaban J connectivity index is 2.29. The summed E-state index contributed by atoms with van der Waals surface area (Å²) in [6.07, 6.45) is 3.87. The third-order valence-corrected chi connectivity index (χ3v) is 1.69. The van der Waals surface area contributed by atoms with Crippen molar-refractivity contribution in [3.63, 3.8) is 0 Å². The van der Waals surface area contributed by atoms with Gasteiger partial charge in [-0.2, -0.15) is 0 Å². The summed E-state index contributed by atoms with van der Waals surface area (Å²) >= 11 is 0. The molecule has 0 spiro atoms. The maximum atomic E-state index is 10.1. The van der Waals surface area contributed by atoms with Gasteiger partial charge < -0.3 is 4.52 Å². The number of carbonyl (C=O) groups excluding carboxylic acids is 1. The van der Waals surface area contributed by atoms with Gasteiger partial charge in [-0.05, 0) is 12.1 Å². The highest BCUT2D eigenvalue weighted by atomic mass is 16.5. The Morgan fingerprint density at radius 1 is 1.36 bits per heavy atom. The molecule has 0 aliphatic rings. The van der Waals surface area contributed by atoms with E-state index in [1.54, 1.807) is 18.5 Å². The minimum Gasteiger partial charge on any atom is -0.338 e. The molecule has 0 bridgehead atoms. The van der Waals surface area contributed by atoms with Crippen LogP contribution in [0.15, 0.2) is 35.1 Å². The molecule has 0 aliphatic carbocycles. The van der Waals surface area contributed by atoms with E-state index < -0.39 is 0 Å². The highest BCUT2D eigenvalue weighted by Gasteiger charge is 2.04. The van der Waals surface area contributed by atoms with E-state index in [2.05, 4.69) is 15.5 Å². The second-order valence-electron chi connectivity index (χ2n) is 2.57. The molecule has 2 heterocycles. The van der Waals surface area contributed by atoms with E-state index in [0.717, 1.165) is 5.56 Å². The quantitative estimate of drug-likeness (QED) is 0.739. The van der Waals surface area contributed by atoms with Gasteiger partial charge in [0.25, 0.3) is 0 Å². The first-order chi connectivity index (χ1) is 6.90. The number of hydrogen-bond acceptors (Lipinski definition) is 4. The molecule has 14 heavy (non-hydrogen) atoms. The maximum Gasteiger partial charge on any atom is 0.231 e. The van der Waals surface area contributed by atoms with Gasteiger partial charge in [-0.15, -0.1) is 0 Å². The largest absolute Gasteiger partial charge is 0.338 e. The smallest absolute Gasteiger partial charge is 0.231 e. The van der Waals surface area contributed by atoms with Gasteiger partial charge in [0.2, 0.25) is 12.3 Å². The van der Waals surface area contributed by atoms with Gasteiger partial charge >= 0.3 is 0 Å². The number of nitrogens with one attached hydrogen (secondary N) is 1. The molecule has 2 aromatic heterocycles. The van der Waals surface area contributed by atoms with Crippen LogP contribution in [0.25, 0.3) is 11.3 Å². The van der Waals surface area contributed by atoms with E-state index in [1.165, 1.54) is 0 Å². The molecule has 0 fully saturated rings. The monoisotopic (exact) mass is 189 g/mol. The average molecular weight is 189 g/mol.